The number of nitrogens with two attached hydrogens (primary N) is 1. The molecule has 2 fully saturated rings. The van der Waals surface area contributed by atoms with Crippen LogP contribution in [-0.4, -0.2) is 17.1 Å². The molecule has 0 aliphatic heterocycles. The molecule has 0 aromatic heterocycles. The van der Waals surface area contributed by atoms with E-state index in [2.05, 4.69) is 0 Å². The summed E-state index contributed by atoms with van der Waals surface area (Å²) in [7, 11) is 0. The molecule has 2 saturated carbocycles. The normalized spacial score (nSPS) is 37.1. The van der Waals surface area contributed by atoms with Crippen molar-refractivity contribution in [3.8, 4) is 0 Å². The first-order valence-corrected chi connectivity index (χ1v) is 4.62. The van der Waals surface area contributed by atoms with Gasteiger partial charge in [0.2, 0.25) is 0 Å². The maximum atomic E-state index is 10.5. The summed E-state index contributed by atoms with van der Waals surface area (Å²) in [5.74, 6) is -0.295. The Labute approximate surface area is 71.9 Å². The van der Waals surface area contributed by atoms with Crippen LogP contribution in [-0.2, 0) is 4.79 Å². The number of hydrogen-bond donors (Lipinski definition) is 2. The smallest absolute Gasteiger partial charge is 0.303 e. The third-order valence-electron chi connectivity index (χ3n) is 3.80. The van der Waals surface area contributed by atoms with Gasteiger partial charge in [0.25, 0.3) is 0 Å². The highest BCUT2D eigenvalue weighted by molar-refractivity contribution is 5.67. The van der Waals surface area contributed by atoms with Gasteiger partial charge in [-0.3, -0.25) is 4.79 Å². The topological polar surface area (TPSA) is 63.3 Å². The molecule has 0 amide bonds. The highest BCUT2D eigenvalue weighted by Crippen LogP contribution is 2.59. The number of carboxylic acid groups (broad SMARTS) is 1. The molecule has 3 nitrogen and oxygen atoms in total. The lowest BCUT2D eigenvalue weighted by molar-refractivity contribution is -0.146. The average molecular weight is 169 g/mol. The molecule has 2 unspecified atom stereocenters. The predicted octanol–water partition coefficient (Wildman–Crippen LogP) is 0.979. The van der Waals surface area contributed by atoms with Gasteiger partial charge in [0.1, 0.15) is 0 Å². The quantitative estimate of drug-likeness (QED) is 0.647. The highest BCUT2D eigenvalue weighted by atomic mass is 16.4. The van der Waals surface area contributed by atoms with Crippen LogP contribution in [0.15, 0.2) is 0 Å². The Bertz CT molecular complexity index is 211. The number of carboxylic acids is 1. The molecule has 68 valence electrons. The second-order valence-electron chi connectivity index (χ2n) is 4.22. The molecule has 0 bridgehead atoms. The maximum Gasteiger partial charge on any atom is 0.303 e. The summed E-state index contributed by atoms with van der Waals surface area (Å²) in [6.07, 6.45) is 4.81. The Morgan fingerprint density at radius 1 is 1.58 bits per heavy atom. The molecule has 2 rings (SSSR count). The zero-order valence-corrected chi connectivity index (χ0v) is 7.12. The minimum absolute atomic E-state index is 0.248. The zero-order chi connectivity index (χ0) is 8.77. The summed E-state index contributed by atoms with van der Waals surface area (Å²) in [4.78, 5) is 10.5. The van der Waals surface area contributed by atoms with Crippen LogP contribution in [0.25, 0.3) is 0 Å². The Balaban J connectivity index is 1.97. The highest BCUT2D eigenvalue weighted by Gasteiger charge is 2.56. The van der Waals surface area contributed by atoms with E-state index in [0.717, 1.165) is 19.3 Å². The molecule has 2 aliphatic rings. The molecule has 0 saturated heterocycles. The fourth-order valence-electron chi connectivity index (χ4n) is 2.78. The Morgan fingerprint density at radius 2 is 2.25 bits per heavy atom. The minimum Gasteiger partial charge on any atom is -0.481 e. The molecular formula is C9H15NO2. The molecule has 2 aliphatic carbocycles. The van der Waals surface area contributed by atoms with Crippen molar-refractivity contribution in [2.45, 2.75) is 38.1 Å². The van der Waals surface area contributed by atoms with Crippen LogP contribution in [0.5, 0.6) is 0 Å². The molecule has 0 aromatic rings. The monoisotopic (exact) mass is 169 g/mol. The van der Waals surface area contributed by atoms with Crippen LogP contribution in [0.3, 0.4) is 0 Å². The third-order valence-corrected chi connectivity index (χ3v) is 3.80. The number of carbonyl (C=O) groups is 1. The van der Waals surface area contributed by atoms with E-state index in [1.807, 2.05) is 0 Å². The van der Waals surface area contributed by atoms with Crippen LogP contribution < -0.4 is 5.73 Å². The van der Waals surface area contributed by atoms with E-state index < -0.39 is 5.97 Å². The van der Waals surface area contributed by atoms with E-state index in [1.54, 1.807) is 0 Å². The van der Waals surface area contributed by atoms with Gasteiger partial charge < -0.3 is 10.8 Å². The third kappa shape index (κ3) is 0.891. The molecule has 0 aromatic carbocycles. The minimum atomic E-state index is -0.668. The summed E-state index contributed by atoms with van der Waals surface area (Å²) >= 11 is 0. The molecule has 12 heavy (non-hydrogen) atoms. The van der Waals surface area contributed by atoms with Gasteiger partial charge >= 0.3 is 5.97 Å². The number of aliphatic carboxylic acids is 1. The molecule has 3 N–H and O–H groups in total. The zero-order valence-electron chi connectivity index (χ0n) is 7.12. The molecule has 1 spiro atoms. The SMILES string of the molecule is NC1CC(CC(=O)O)C12CCC2. The molecule has 2 atom stereocenters. The van der Waals surface area contributed by atoms with E-state index in [-0.39, 0.29) is 11.5 Å². The van der Waals surface area contributed by atoms with Gasteiger partial charge in [-0.15, -0.1) is 0 Å². The maximum absolute atomic E-state index is 10.5. The van der Waals surface area contributed by atoms with Crippen molar-refractivity contribution in [3.05, 3.63) is 0 Å². The van der Waals surface area contributed by atoms with E-state index in [9.17, 15) is 4.79 Å². The first-order valence-electron chi connectivity index (χ1n) is 4.62. The predicted molar refractivity (Wildman–Crippen MR) is 44.6 cm³/mol. The molecular weight excluding hydrogens is 154 g/mol. The van der Waals surface area contributed by atoms with Crippen LogP contribution >= 0.6 is 0 Å². The second-order valence-corrected chi connectivity index (χ2v) is 4.22. The standard InChI is InChI=1S/C9H15NO2/c10-7-4-6(5-8(11)12)9(7)2-1-3-9/h6-7H,1-5,10H2,(H,11,12). The average Bonchev–Trinajstić information content (AvgIpc) is 1.81. The van der Waals surface area contributed by atoms with Crippen molar-refractivity contribution in [1.29, 1.82) is 0 Å². The first kappa shape index (κ1) is 8.05. The fraction of sp³-hybridized carbons (Fsp3) is 0.889. The van der Waals surface area contributed by atoms with E-state index in [1.165, 1.54) is 6.42 Å². The van der Waals surface area contributed by atoms with Crippen molar-refractivity contribution in [2.75, 3.05) is 0 Å². The lowest BCUT2D eigenvalue weighted by atomic mass is 9.46. The van der Waals surface area contributed by atoms with Gasteiger partial charge in [-0.25, -0.2) is 0 Å². The lowest BCUT2D eigenvalue weighted by Gasteiger charge is -2.60. The molecule has 3 heteroatoms. The fourth-order valence-corrected chi connectivity index (χ4v) is 2.78. The Morgan fingerprint density at radius 3 is 2.58 bits per heavy atom. The summed E-state index contributed by atoms with van der Waals surface area (Å²) in [5, 5.41) is 8.65. The van der Waals surface area contributed by atoms with Gasteiger partial charge in [0.15, 0.2) is 0 Å². The summed E-state index contributed by atoms with van der Waals surface area (Å²) in [5.41, 5.74) is 6.14. The summed E-state index contributed by atoms with van der Waals surface area (Å²) in [6, 6.07) is 0.288. The van der Waals surface area contributed by atoms with Crippen LogP contribution in [0.4, 0.5) is 0 Å². The van der Waals surface area contributed by atoms with Crippen molar-refractivity contribution in [2.24, 2.45) is 17.1 Å². The van der Waals surface area contributed by atoms with Gasteiger partial charge in [-0.1, -0.05) is 6.42 Å². The number of hydrogen-bond acceptors (Lipinski definition) is 2. The number of rotatable bonds is 2. The van der Waals surface area contributed by atoms with Gasteiger partial charge in [0.05, 0.1) is 0 Å². The summed E-state index contributed by atoms with van der Waals surface area (Å²) in [6.45, 7) is 0. The summed E-state index contributed by atoms with van der Waals surface area (Å²) < 4.78 is 0. The van der Waals surface area contributed by atoms with E-state index >= 15 is 0 Å². The van der Waals surface area contributed by atoms with Crippen molar-refractivity contribution >= 4 is 5.97 Å². The van der Waals surface area contributed by atoms with Crippen molar-refractivity contribution in [3.63, 3.8) is 0 Å². The van der Waals surface area contributed by atoms with Crippen molar-refractivity contribution in [1.82, 2.24) is 0 Å². The second kappa shape index (κ2) is 2.46. The largest absolute Gasteiger partial charge is 0.481 e. The van der Waals surface area contributed by atoms with E-state index in [4.69, 9.17) is 10.8 Å². The van der Waals surface area contributed by atoms with Crippen LogP contribution in [0, 0.1) is 11.3 Å². The Hall–Kier alpha value is -0.570. The molecule has 0 heterocycles. The Kier molecular flexibility index (Phi) is 1.65. The van der Waals surface area contributed by atoms with Gasteiger partial charge in [0, 0.05) is 12.5 Å². The van der Waals surface area contributed by atoms with E-state index in [0.29, 0.717) is 12.3 Å². The van der Waals surface area contributed by atoms with Gasteiger partial charge in [-0.2, -0.15) is 0 Å². The van der Waals surface area contributed by atoms with Crippen LogP contribution in [0.1, 0.15) is 32.1 Å². The lowest BCUT2D eigenvalue weighted by Crippen LogP contribution is -2.61. The first-order chi connectivity index (χ1) is 5.65. The van der Waals surface area contributed by atoms with Crippen molar-refractivity contribution < 1.29 is 9.90 Å². The van der Waals surface area contributed by atoms with Gasteiger partial charge in [-0.05, 0) is 30.6 Å². The van der Waals surface area contributed by atoms with Crippen LogP contribution in [0.2, 0.25) is 0 Å². The molecule has 0 radical (unpaired) electrons.